The van der Waals surface area contributed by atoms with Crippen LogP contribution in [0.25, 0.3) is 0 Å². The number of rotatable bonds is 0. The molecule has 0 aliphatic heterocycles. The van der Waals surface area contributed by atoms with Gasteiger partial charge in [-0.3, -0.25) is 0 Å². The molecule has 0 aliphatic rings. The Balaban J connectivity index is 2.36. The topological polar surface area (TPSA) is 23.8 Å². The van der Waals surface area contributed by atoms with Crippen molar-refractivity contribution in [3.63, 3.8) is 0 Å². The predicted octanol–water partition coefficient (Wildman–Crippen LogP) is 3.41. The van der Waals surface area contributed by atoms with Gasteiger partial charge in [-0.2, -0.15) is 5.26 Å². The Hall–Kier alpha value is -2.58. The zero-order valence-corrected chi connectivity index (χ0v) is 9.87. The molecule has 0 unspecified atom stereocenters. The number of aryl methyl sites for hydroxylation is 1. The fourth-order valence-corrected chi connectivity index (χ4v) is 1.59. The molecule has 2 rings (SSSR count). The van der Waals surface area contributed by atoms with Gasteiger partial charge in [0, 0.05) is 11.1 Å². The lowest BCUT2D eigenvalue weighted by Gasteiger charge is -1.94. The third kappa shape index (κ3) is 2.97. The molecule has 2 aromatic carbocycles. The van der Waals surface area contributed by atoms with Crippen molar-refractivity contribution in [1.82, 2.24) is 0 Å². The van der Waals surface area contributed by atoms with Crippen LogP contribution in [0, 0.1) is 35.9 Å². The Labute approximate surface area is 106 Å². The third-order valence-corrected chi connectivity index (χ3v) is 2.40. The fourth-order valence-electron chi connectivity index (χ4n) is 1.59. The van der Waals surface area contributed by atoms with Gasteiger partial charge in [-0.1, -0.05) is 24.0 Å². The molecule has 0 amide bonds. The SMILES string of the molecule is Cc1cccc(C#Cc2cc(F)cc(C#N)c2)c1. The molecule has 0 saturated carbocycles. The first kappa shape index (κ1) is 11.9. The maximum atomic E-state index is 13.2. The fraction of sp³-hybridized carbons (Fsp3) is 0.0625. The molecule has 0 bridgehead atoms. The minimum Gasteiger partial charge on any atom is -0.207 e. The Morgan fingerprint density at radius 1 is 0.944 bits per heavy atom. The molecular formula is C16H10FN. The summed E-state index contributed by atoms with van der Waals surface area (Å²) in [7, 11) is 0. The second kappa shape index (κ2) is 5.17. The molecule has 0 atom stereocenters. The van der Waals surface area contributed by atoms with Crippen molar-refractivity contribution in [2.75, 3.05) is 0 Å². The van der Waals surface area contributed by atoms with Crippen LogP contribution in [0.2, 0.25) is 0 Å². The maximum Gasteiger partial charge on any atom is 0.125 e. The van der Waals surface area contributed by atoms with E-state index in [0.29, 0.717) is 5.56 Å². The van der Waals surface area contributed by atoms with E-state index < -0.39 is 5.82 Å². The Kier molecular flexibility index (Phi) is 3.41. The van der Waals surface area contributed by atoms with Gasteiger partial charge >= 0.3 is 0 Å². The molecule has 0 radical (unpaired) electrons. The van der Waals surface area contributed by atoms with Crippen LogP contribution in [0.5, 0.6) is 0 Å². The Morgan fingerprint density at radius 2 is 1.67 bits per heavy atom. The van der Waals surface area contributed by atoms with Crippen molar-refractivity contribution in [3.8, 4) is 17.9 Å². The summed E-state index contributed by atoms with van der Waals surface area (Å²) < 4.78 is 13.2. The average Bonchev–Trinajstić information content (AvgIpc) is 2.36. The molecular weight excluding hydrogens is 225 g/mol. The summed E-state index contributed by atoms with van der Waals surface area (Å²) in [5.74, 6) is 5.37. The van der Waals surface area contributed by atoms with E-state index in [0.717, 1.165) is 11.1 Å². The zero-order valence-electron chi connectivity index (χ0n) is 9.87. The molecule has 0 fully saturated rings. The summed E-state index contributed by atoms with van der Waals surface area (Å²) in [5.41, 5.74) is 2.79. The van der Waals surface area contributed by atoms with E-state index >= 15 is 0 Å². The highest BCUT2D eigenvalue weighted by Gasteiger charge is 1.97. The van der Waals surface area contributed by atoms with Crippen LogP contribution in [-0.2, 0) is 0 Å². The van der Waals surface area contributed by atoms with Gasteiger partial charge in [0.15, 0.2) is 0 Å². The number of halogens is 1. The molecule has 0 aromatic heterocycles. The highest BCUT2D eigenvalue weighted by atomic mass is 19.1. The summed E-state index contributed by atoms with van der Waals surface area (Å²) in [6.45, 7) is 1.99. The Morgan fingerprint density at radius 3 is 2.39 bits per heavy atom. The van der Waals surface area contributed by atoms with Gasteiger partial charge in [0.2, 0.25) is 0 Å². The van der Waals surface area contributed by atoms with Gasteiger partial charge in [0.1, 0.15) is 5.82 Å². The Bertz CT molecular complexity index is 684. The van der Waals surface area contributed by atoms with Crippen molar-refractivity contribution in [1.29, 1.82) is 5.26 Å². The van der Waals surface area contributed by atoms with E-state index in [1.807, 2.05) is 37.3 Å². The van der Waals surface area contributed by atoms with E-state index in [9.17, 15) is 4.39 Å². The molecule has 2 aromatic rings. The lowest BCUT2D eigenvalue weighted by atomic mass is 10.1. The predicted molar refractivity (Wildman–Crippen MR) is 68.3 cm³/mol. The summed E-state index contributed by atoms with van der Waals surface area (Å²) in [4.78, 5) is 0. The van der Waals surface area contributed by atoms with E-state index in [1.165, 1.54) is 12.1 Å². The minimum absolute atomic E-state index is 0.281. The quantitative estimate of drug-likeness (QED) is 0.642. The summed E-state index contributed by atoms with van der Waals surface area (Å²) in [6, 6.07) is 13.8. The average molecular weight is 235 g/mol. The van der Waals surface area contributed by atoms with Gasteiger partial charge in [0.05, 0.1) is 11.6 Å². The molecule has 86 valence electrons. The molecule has 0 N–H and O–H groups in total. The normalized spacial score (nSPS) is 9.17. The van der Waals surface area contributed by atoms with Crippen LogP contribution >= 0.6 is 0 Å². The third-order valence-electron chi connectivity index (χ3n) is 2.40. The van der Waals surface area contributed by atoms with Gasteiger partial charge in [-0.05, 0) is 42.8 Å². The number of nitriles is 1. The van der Waals surface area contributed by atoms with Crippen LogP contribution in [0.15, 0.2) is 42.5 Å². The van der Waals surface area contributed by atoms with Crippen molar-refractivity contribution in [3.05, 3.63) is 70.5 Å². The van der Waals surface area contributed by atoms with Gasteiger partial charge in [-0.15, -0.1) is 0 Å². The molecule has 0 aliphatic carbocycles. The first-order chi connectivity index (χ1) is 8.67. The van der Waals surface area contributed by atoms with Crippen molar-refractivity contribution < 1.29 is 4.39 Å². The number of benzene rings is 2. The largest absolute Gasteiger partial charge is 0.207 e. The monoisotopic (exact) mass is 235 g/mol. The number of hydrogen-bond acceptors (Lipinski definition) is 1. The molecule has 18 heavy (non-hydrogen) atoms. The van der Waals surface area contributed by atoms with Gasteiger partial charge in [-0.25, -0.2) is 4.39 Å². The summed E-state index contributed by atoms with van der Waals surface area (Å²) >= 11 is 0. The number of hydrogen-bond donors (Lipinski definition) is 0. The zero-order chi connectivity index (χ0) is 13.0. The molecule has 0 spiro atoms. The minimum atomic E-state index is -0.442. The van der Waals surface area contributed by atoms with Crippen LogP contribution in [-0.4, -0.2) is 0 Å². The van der Waals surface area contributed by atoms with E-state index in [4.69, 9.17) is 5.26 Å². The van der Waals surface area contributed by atoms with E-state index in [2.05, 4.69) is 11.8 Å². The smallest absolute Gasteiger partial charge is 0.125 e. The summed E-state index contributed by atoms with van der Waals surface area (Å²) in [5, 5.41) is 8.74. The standard InChI is InChI=1S/C16H10FN/c1-12-3-2-4-13(7-12)5-6-14-8-15(11-18)10-16(17)9-14/h2-4,7-10H,1H3. The van der Waals surface area contributed by atoms with Crippen LogP contribution in [0.3, 0.4) is 0 Å². The highest BCUT2D eigenvalue weighted by molar-refractivity contribution is 5.46. The lowest BCUT2D eigenvalue weighted by Crippen LogP contribution is -1.83. The number of nitrogens with zero attached hydrogens (tertiary/aromatic N) is 1. The summed E-state index contributed by atoms with van der Waals surface area (Å²) in [6.07, 6.45) is 0. The van der Waals surface area contributed by atoms with Crippen LogP contribution < -0.4 is 0 Å². The van der Waals surface area contributed by atoms with Crippen LogP contribution in [0.1, 0.15) is 22.3 Å². The lowest BCUT2D eigenvalue weighted by molar-refractivity contribution is 0.627. The van der Waals surface area contributed by atoms with E-state index in [-0.39, 0.29) is 5.56 Å². The molecule has 2 heteroatoms. The van der Waals surface area contributed by atoms with Crippen molar-refractivity contribution >= 4 is 0 Å². The molecule has 0 saturated heterocycles. The highest BCUT2D eigenvalue weighted by Crippen LogP contribution is 2.08. The maximum absolute atomic E-state index is 13.2. The van der Waals surface area contributed by atoms with Crippen molar-refractivity contribution in [2.45, 2.75) is 6.92 Å². The van der Waals surface area contributed by atoms with Crippen molar-refractivity contribution in [2.24, 2.45) is 0 Å². The first-order valence-corrected chi connectivity index (χ1v) is 5.47. The second-order valence-electron chi connectivity index (χ2n) is 3.96. The second-order valence-corrected chi connectivity index (χ2v) is 3.96. The molecule has 1 nitrogen and oxygen atoms in total. The van der Waals surface area contributed by atoms with Gasteiger partial charge in [0.25, 0.3) is 0 Å². The van der Waals surface area contributed by atoms with E-state index in [1.54, 1.807) is 6.07 Å². The molecule has 0 heterocycles. The van der Waals surface area contributed by atoms with Gasteiger partial charge < -0.3 is 0 Å². The first-order valence-electron chi connectivity index (χ1n) is 5.47. The van der Waals surface area contributed by atoms with Crippen LogP contribution in [0.4, 0.5) is 4.39 Å².